The van der Waals surface area contributed by atoms with Crippen LogP contribution < -0.4 is 0 Å². The van der Waals surface area contributed by atoms with Crippen LogP contribution in [0.4, 0.5) is 0 Å². The summed E-state index contributed by atoms with van der Waals surface area (Å²) in [6, 6.07) is 18.3. The second-order valence-corrected chi connectivity index (χ2v) is 6.19. The monoisotopic (exact) mass is 321 g/mol. The predicted molar refractivity (Wildman–Crippen MR) is 97.3 cm³/mol. The lowest BCUT2D eigenvalue weighted by atomic mass is 9.88. The Morgan fingerprint density at radius 2 is 1.42 bits per heavy atom. The van der Waals surface area contributed by atoms with Gasteiger partial charge in [-0.15, -0.1) is 0 Å². The summed E-state index contributed by atoms with van der Waals surface area (Å²) in [5.41, 5.74) is 1.75. The van der Waals surface area contributed by atoms with Crippen molar-refractivity contribution in [1.82, 2.24) is 4.90 Å². The summed E-state index contributed by atoms with van der Waals surface area (Å²) in [5.74, 6) is -0.339. The highest BCUT2D eigenvalue weighted by molar-refractivity contribution is 6.09. The molecular formula is C21H23NO2. The molecule has 2 rings (SSSR count). The number of nitrogens with zero attached hydrogens (tertiary/aromatic N) is 1. The summed E-state index contributed by atoms with van der Waals surface area (Å²) in [5, 5.41) is 0. The Morgan fingerprint density at radius 3 is 1.92 bits per heavy atom. The van der Waals surface area contributed by atoms with Gasteiger partial charge in [-0.3, -0.25) is 9.59 Å². The first-order chi connectivity index (χ1) is 11.5. The summed E-state index contributed by atoms with van der Waals surface area (Å²) < 4.78 is 0. The number of ketones is 2. The van der Waals surface area contributed by atoms with Crippen molar-refractivity contribution in [3.05, 3.63) is 83.9 Å². The molecule has 3 nitrogen and oxygen atoms in total. The number of rotatable bonds is 8. The van der Waals surface area contributed by atoms with Gasteiger partial charge in [0, 0.05) is 23.6 Å². The van der Waals surface area contributed by atoms with Crippen molar-refractivity contribution < 1.29 is 9.59 Å². The van der Waals surface area contributed by atoms with Gasteiger partial charge in [-0.1, -0.05) is 67.2 Å². The van der Waals surface area contributed by atoms with Crippen LogP contribution in [0.25, 0.3) is 0 Å². The highest BCUT2D eigenvalue weighted by Crippen LogP contribution is 2.20. The van der Waals surface area contributed by atoms with Gasteiger partial charge in [0.25, 0.3) is 0 Å². The molecule has 2 aromatic rings. The predicted octanol–water partition coefficient (Wildman–Crippen LogP) is 3.88. The van der Waals surface area contributed by atoms with Gasteiger partial charge in [-0.25, -0.2) is 0 Å². The first-order valence-electron chi connectivity index (χ1n) is 8.00. The van der Waals surface area contributed by atoms with Crippen LogP contribution in [-0.2, 0) is 0 Å². The molecule has 0 fully saturated rings. The molecule has 0 spiro atoms. The average molecular weight is 321 g/mol. The third kappa shape index (κ3) is 4.74. The smallest absolute Gasteiger partial charge is 0.188 e. The van der Waals surface area contributed by atoms with Crippen LogP contribution in [-0.4, -0.2) is 37.1 Å². The van der Waals surface area contributed by atoms with Crippen molar-refractivity contribution in [2.45, 2.75) is 6.42 Å². The Kier molecular flexibility index (Phi) is 6.21. The van der Waals surface area contributed by atoms with Crippen LogP contribution in [0.1, 0.15) is 27.1 Å². The molecule has 0 N–H and O–H groups in total. The summed E-state index contributed by atoms with van der Waals surface area (Å²) in [6.45, 7) is 4.51. The van der Waals surface area contributed by atoms with Gasteiger partial charge in [-0.2, -0.15) is 0 Å². The molecule has 0 radical (unpaired) electrons. The molecule has 0 aliphatic heterocycles. The van der Waals surface area contributed by atoms with Crippen LogP contribution >= 0.6 is 0 Å². The zero-order valence-electron chi connectivity index (χ0n) is 14.2. The van der Waals surface area contributed by atoms with E-state index in [-0.39, 0.29) is 17.5 Å². The van der Waals surface area contributed by atoms with Crippen LogP contribution in [0.2, 0.25) is 0 Å². The Hall–Kier alpha value is -2.52. The summed E-state index contributed by atoms with van der Waals surface area (Å²) in [4.78, 5) is 27.3. The molecule has 124 valence electrons. The van der Waals surface area contributed by atoms with Gasteiger partial charge in [0.15, 0.2) is 11.6 Å². The number of carbonyl (C=O) groups is 2. The first kappa shape index (κ1) is 17.8. The Labute approximate surface area is 143 Å². The van der Waals surface area contributed by atoms with Gasteiger partial charge >= 0.3 is 0 Å². The van der Waals surface area contributed by atoms with E-state index in [4.69, 9.17) is 0 Å². The fourth-order valence-electron chi connectivity index (χ4n) is 2.70. The molecule has 0 aliphatic rings. The van der Waals surface area contributed by atoms with E-state index in [0.29, 0.717) is 29.7 Å². The van der Waals surface area contributed by atoms with Gasteiger partial charge in [0.1, 0.15) is 0 Å². The zero-order chi connectivity index (χ0) is 17.5. The van der Waals surface area contributed by atoms with E-state index in [1.807, 2.05) is 67.5 Å². The van der Waals surface area contributed by atoms with Gasteiger partial charge in [-0.05, 0) is 26.1 Å². The molecule has 3 heteroatoms. The maximum atomic E-state index is 12.8. The minimum absolute atomic E-state index is 0.0475. The quantitative estimate of drug-likeness (QED) is 0.547. The molecule has 2 aromatic carbocycles. The molecule has 0 saturated heterocycles. The van der Waals surface area contributed by atoms with E-state index in [0.717, 1.165) is 0 Å². The van der Waals surface area contributed by atoms with E-state index in [9.17, 15) is 9.59 Å². The zero-order valence-corrected chi connectivity index (χ0v) is 14.2. The molecule has 0 heterocycles. The highest BCUT2D eigenvalue weighted by Gasteiger charge is 2.24. The number of Topliss-reactive ketones (excluding diaryl/α,β-unsaturated/α-hetero) is 2. The fourth-order valence-corrected chi connectivity index (χ4v) is 2.70. The van der Waals surface area contributed by atoms with Gasteiger partial charge in [0.05, 0.1) is 0 Å². The normalized spacial score (nSPS) is 12.0. The number of carbonyl (C=O) groups excluding carboxylic acids is 2. The van der Waals surface area contributed by atoms with Crippen LogP contribution in [0.5, 0.6) is 0 Å². The van der Waals surface area contributed by atoms with E-state index in [2.05, 4.69) is 6.58 Å². The minimum atomic E-state index is -0.289. The second kappa shape index (κ2) is 8.37. The Morgan fingerprint density at radius 1 is 0.917 bits per heavy atom. The van der Waals surface area contributed by atoms with Gasteiger partial charge < -0.3 is 4.90 Å². The van der Waals surface area contributed by atoms with Crippen LogP contribution in [0, 0.1) is 5.92 Å². The number of hydrogen-bond donors (Lipinski definition) is 0. The van der Waals surface area contributed by atoms with E-state index < -0.39 is 0 Å². The highest BCUT2D eigenvalue weighted by atomic mass is 16.1. The molecule has 0 aromatic heterocycles. The lowest BCUT2D eigenvalue weighted by Crippen LogP contribution is -2.29. The number of allylic oxidation sites excluding steroid dienone is 1. The summed E-state index contributed by atoms with van der Waals surface area (Å²) in [7, 11) is 3.85. The summed E-state index contributed by atoms with van der Waals surface area (Å²) in [6.07, 6.45) is 0.361. The second-order valence-electron chi connectivity index (χ2n) is 6.19. The molecule has 0 bridgehead atoms. The number of benzene rings is 2. The lowest BCUT2D eigenvalue weighted by molar-refractivity contribution is 0.0892. The summed E-state index contributed by atoms with van der Waals surface area (Å²) >= 11 is 0. The Bertz CT molecular complexity index is 705. The van der Waals surface area contributed by atoms with E-state index in [1.54, 1.807) is 12.1 Å². The molecule has 0 amide bonds. The molecule has 1 atom stereocenters. The molecule has 0 saturated carbocycles. The topological polar surface area (TPSA) is 37.4 Å². The Balaban J connectivity index is 2.15. The van der Waals surface area contributed by atoms with Crippen molar-refractivity contribution in [3.8, 4) is 0 Å². The van der Waals surface area contributed by atoms with E-state index >= 15 is 0 Å². The first-order valence-corrected chi connectivity index (χ1v) is 8.00. The fraction of sp³-hybridized carbons (Fsp3) is 0.238. The lowest BCUT2D eigenvalue weighted by Gasteiger charge is -2.21. The third-order valence-corrected chi connectivity index (χ3v) is 3.86. The number of hydrogen-bond acceptors (Lipinski definition) is 3. The van der Waals surface area contributed by atoms with Crippen molar-refractivity contribution in [2.75, 3.05) is 20.6 Å². The molecular weight excluding hydrogens is 298 g/mol. The van der Waals surface area contributed by atoms with Crippen LogP contribution in [0.3, 0.4) is 0 Å². The van der Waals surface area contributed by atoms with E-state index in [1.165, 1.54) is 0 Å². The molecule has 24 heavy (non-hydrogen) atoms. The maximum absolute atomic E-state index is 12.8. The molecule has 0 unspecified atom stereocenters. The van der Waals surface area contributed by atoms with Crippen molar-refractivity contribution in [1.29, 1.82) is 0 Å². The largest absolute Gasteiger partial charge is 0.309 e. The van der Waals surface area contributed by atoms with Gasteiger partial charge in [0.2, 0.25) is 0 Å². The van der Waals surface area contributed by atoms with Crippen LogP contribution in [0.15, 0.2) is 72.8 Å². The maximum Gasteiger partial charge on any atom is 0.188 e. The minimum Gasteiger partial charge on any atom is -0.309 e. The standard InChI is InChI=1S/C21H23NO2/c1-16(20(23)17-10-6-4-7-11-17)14-19(15-22(2)3)21(24)18-12-8-5-9-13-18/h4-13,19H,1,14-15H2,2-3H3/t19-/m0/s1. The van der Waals surface area contributed by atoms with Crippen molar-refractivity contribution in [3.63, 3.8) is 0 Å². The van der Waals surface area contributed by atoms with Crippen molar-refractivity contribution >= 4 is 11.6 Å². The SMILES string of the molecule is C=C(C[C@@H](CN(C)C)C(=O)c1ccccc1)C(=O)c1ccccc1. The molecule has 0 aliphatic carbocycles. The third-order valence-electron chi connectivity index (χ3n) is 3.86. The average Bonchev–Trinajstić information content (AvgIpc) is 2.61. The van der Waals surface area contributed by atoms with Crippen molar-refractivity contribution in [2.24, 2.45) is 5.92 Å².